The monoisotopic (exact) mass is 461 g/mol. The molecule has 1 N–H and O–H groups in total. The number of methoxy groups -OCH3 is 2. The van der Waals surface area contributed by atoms with E-state index in [0.717, 1.165) is 10.6 Å². The predicted molar refractivity (Wildman–Crippen MR) is 128 cm³/mol. The van der Waals surface area contributed by atoms with Gasteiger partial charge in [-0.05, 0) is 18.2 Å². The third-order valence-electron chi connectivity index (χ3n) is 5.00. The number of aromatic nitrogens is 1. The normalized spacial score (nSPS) is 10.5. The molecule has 0 saturated heterocycles. The molecule has 0 aliphatic rings. The summed E-state index contributed by atoms with van der Waals surface area (Å²) in [6, 6.07) is 23.3. The van der Waals surface area contributed by atoms with E-state index in [1.807, 2.05) is 42.5 Å². The molecule has 0 fully saturated rings. The van der Waals surface area contributed by atoms with Gasteiger partial charge in [-0.15, -0.1) is 0 Å². The molecule has 8 heteroatoms. The second kappa shape index (κ2) is 9.58. The first kappa shape index (κ1) is 22.1. The maximum Gasteiger partial charge on any atom is 0.426 e. The van der Waals surface area contributed by atoms with Crippen molar-refractivity contribution >= 4 is 40.2 Å². The Labute approximate surface area is 195 Å². The fourth-order valence-corrected chi connectivity index (χ4v) is 3.72. The van der Waals surface area contributed by atoms with Gasteiger partial charge in [0.05, 0.1) is 36.0 Å². The van der Waals surface area contributed by atoms with Gasteiger partial charge >= 0.3 is 6.09 Å². The number of ether oxygens (including phenoxy) is 2. The van der Waals surface area contributed by atoms with Gasteiger partial charge in [0.25, 0.3) is 5.91 Å². The standard InChI is InChI=1S/C25H20ClN3O4/c1-32-23-21(24(30)29(28-25(31)33-2)20-15-9-7-13-18(20)26)17-12-6-8-14-19(17)27-22(23)16-10-4-3-5-11-16/h3-15H,1-2H3,(H,28,31). The summed E-state index contributed by atoms with van der Waals surface area (Å²) >= 11 is 6.37. The maximum atomic E-state index is 14.0. The third-order valence-corrected chi connectivity index (χ3v) is 5.32. The Morgan fingerprint density at radius 1 is 0.909 bits per heavy atom. The molecule has 33 heavy (non-hydrogen) atoms. The van der Waals surface area contributed by atoms with Gasteiger partial charge in [-0.25, -0.2) is 20.2 Å². The highest BCUT2D eigenvalue weighted by molar-refractivity contribution is 6.34. The van der Waals surface area contributed by atoms with Crippen LogP contribution in [0.4, 0.5) is 10.5 Å². The van der Waals surface area contributed by atoms with E-state index in [2.05, 4.69) is 5.43 Å². The molecule has 0 saturated carbocycles. The van der Waals surface area contributed by atoms with Crippen LogP contribution in [-0.4, -0.2) is 31.2 Å². The Morgan fingerprint density at radius 3 is 2.27 bits per heavy atom. The molecule has 2 amide bonds. The van der Waals surface area contributed by atoms with Gasteiger partial charge in [0.2, 0.25) is 0 Å². The number of hydrogen-bond acceptors (Lipinski definition) is 5. The first-order valence-corrected chi connectivity index (χ1v) is 10.4. The second-order valence-electron chi connectivity index (χ2n) is 6.95. The number of hydrazine groups is 1. The molecule has 3 aromatic carbocycles. The summed E-state index contributed by atoms with van der Waals surface area (Å²) in [5.74, 6) is -0.297. The molecule has 4 rings (SSSR count). The molecule has 0 spiro atoms. The van der Waals surface area contributed by atoms with E-state index in [1.54, 1.807) is 36.4 Å². The Morgan fingerprint density at radius 2 is 1.58 bits per heavy atom. The average molecular weight is 462 g/mol. The number of anilines is 1. The lowest BCUT2D eigenvalue weighted by atomic mass is 10.0. The number of amides is 2. The highest BCUT2D eigenvalue weighted by atomic mass is 35.5. The zero-order valence-electron chi connectivity index (χ0n) is 17.9. The lowest BCUT2D eigenvalue weighted by molar-refractivity contribution is 0.0963. The van der Waals surface area contributed by atoms with Gasteiger partial charge in [-0.2, -0.15) is 0 Å². The zero-order valence-corrected chi connectivity index (χ0v) is 18.7. The van der Waals surface area contributed by atoms with Crippen LogP contribution in [-0.2, 0) is 4.74 Å². The highest BCUT2D eigenvalue weighted by Crippen LogP contribution is 2.38. The van der Waals surface area contributed by atoms with Crippen molar-refractivity contribution in [2.75, 3.05) is 19.2 Å². The van der Waals surface area contributed by atoms with E-state index in [-0.39, 0.29) is 22.0 Å². The van der Waals surface area contributed by atoms with Gasteiger partial charge in [-0.1, -0.05) is 72.3 Å². The minimum absolute atomic E-state index is 0.221. The molecule has 166 valence electrons. The predicted octanol–water partition coefficient (Wildman–Crippen LogP) is 5.48. The zero-order chi connectivity index (χ0) is 23.4. The Bertz CT molecular complexity index is 1330. The summed E-state index contributed by atoms with van der Waals surface area (Å²) in [5.41, 5.74) is 4.83. The lowest BCUT2D eigenvalue weighted by Gasteiger charge is -2.25. The van der Waals surface area contributed by atoms with Gasteiger partial charge in [0, 0.05) is 10.9 Å². The van der Waals surface area contributed by atoms with Gasteiger partial charge < -0.3 is 9.47 Å². The number of carbonyl (C=O) groups excluding carboxylic acids is 2. The van der Waals surface area contributed by atoms with Crippen LogP contribution in [0.25, 0.3) is 22.2 Å². The van der Waals surface area contributed by atoms with Crippen LogP contribution < -0.4 is 15.2 Å². The van der Waals surface area contributed by atoms with E-state index in [1.165, 1.54) is 14.2 Å². The van der Waals surface area contributed by atoms with E-state index in [0.29, 0.717) is 16.6 Å². The van der Waals surface area contributed by atoms with Crippen LogP contribution in [0, 0.1) is 0 Å². The summed E-state index contributed by atoms with van der Waals surface area (Å²) in [7, 11) is 2.68. The topological polar surface area (TPSA) is 80.8 Å². The summed E-state index contributed by atoms with van der Waals surface area (Å²) in [6.45, 7) is 0. The first-order chi connectivity index (χ1) is 16.0. The van der Waals surface area contributed by atoms with Crippen molar-refractivity contribution in [1.82, 2.24) is 10.4 Å². The largest absolute Gasteiger partial charge is 0.494 e. The van der Waals surface area contributed by atoms with Crippen LogP contribution >= 0.6 is 11.6 Å². The van der Waals surface area contributed by atoms with Crippen molar-refractivity contribution in [2.45, 2.75) is 0 Å². The summed E-state index contributed by atoms with van der Waals surface area (Å²) < 4.78 is 10.5. The molecule has 0 aliphatic heterocycles. The molecule has 7 nitrogen and oxygen atoms in total. The molecular formula is C25H20ClN3O4. The number of fused-ring (bicyclic) bond motifs is 1. The van der Waals surface area contributed by atoms with Crippen LogP contribution in [0.1, 0.15) is 10.4 Å². The van der Waals surface area contributed by atoms with Crippen LogP contribution in [0.3, 0.4) is 0 Å². The Kier molecular flexibility index (Phi) is 6.42. The molecule has 0 aliphatic carbocycles. The number of halogens is 1. The molecule has 1 heterocycles. The van der Waals surface area contributed by atoms with E-state index < -0.39 is 12.0 Å². The summed E-state index contributed by atoms with van der Waals surface area (Å²) in [5, 5.41) is 1.87. The van der Waals surface area contributed by atoms with Crippen molar-refractivity contribution in [1.29, 1.82) is 0 Å². The quantitative estimate of drug-likeness (QED) is 0.407. The number of para-hydroxylation sites is 2. The second-order valence-corrected chi connectivity index (χ2v) is 7.35. The Balaban J connectivity index is 1.99. The molecule has 4 aromatic rings. The Hall–Kier alpha value is -4.10. The maximum absolute atomic E-state index is 14.0. The molecule has 0 bridgehead atoms. The van der Waals surface area contributed by atoms with Crippen molar-refractivity contribution in [3.05, 3.63) is 89.4 Å². The van der Waals surface area contributed by atoms with E-state index in [4.69, 9.17) is 26.1 Å². The molecule has 0 radical (unpaired) electrons. The summed E-state index contributed by atoms with van der Waals surface area (Å²) in [4.78, 5) is 30.9. The number of nitrogens with zero attached hydrogens (tertiary/aromatic N) is 2. The van der Waals surface area contributed by atoms with Crippen LogP contribution in [0.2, 0.25) is 5.02 Å². The highest BCUT2D eigenvalue weighted by Gasteiger charge is 2.29. The minimum Gasteiger partial charge on any atom is -0.494 e. The number of benzene rings is 3. The first-order valence-electron chi connectivity index (χ1n) is 10.0. The fourth-order valence-electron chi connectivity index (χ4n) is 3.50. The van der Waals surface area contributed by atoms with Crippen molar-refractivity contribution in [3.63, 3.8) is 0 Å². The minimum atomic E-state index is -0.830. The number of hydrogen-bond donors (Lipinski definition) is 1. The number of pyridine rings is 1. The van der Waals surface area contributed by atoms with Crippen LogP contribution in [0.15, 0.2) is 78.9 Å². The van der Waals surface area contributed by atoms with Gasteiger partial charge in [0.15, 0.2) is 5.75 Å². The number of carbonyl (C=O) groups is 2. The van der Waals surface area contributed by atoms with Gasteiger partial charge in [-0.3, -0.25) is 4.79 Å². The molecule has 0 atom stereocenters. The fraction of sp³-hybridized carbons (Fsp3) is 0.0800. The molecule has 0 unspecified atom stereocenters. The third kappa shape index (κ3) is 4.31. The van der Waals surface area contributed by atoms with E-state index >= 15 is 0 Å². The smallest absolute Gasteiger partial charge is 0.426 e. The van der Waals surface area contributed by atoms with E-state index in [9.17, 15) is 9.59 Å². The van der Waals surface area contributed by atoms with Crippen molar-refractivity contribution in [3.8, 4) is 17.0 Å². The lowest BCUT2D eigenvalue weighted by Crippen LogP contribution is -2.47. The molecule has 1 aromatic heterocycles. The van der Waals surface area contributed by atoms with Crippen molar-refractivity contribution < 1.29 is 19.1 Å². The number of nitrogens with one attached hydrogen (secondary N) is 1. The SMILES string of the molecule is COC(=O)NN(C(=O)c1c(OC)c(-c2ccccc2)nc2ccccc12)c1ccccc1Cl. The number of rotatable bonds is 4. The van der Waals surface area contributed by atoms with Crippen LogP contribution in [0.5, 0.6) is 5.75 Å². The summed E-state index contributed by atoms with van der Waals surface area (Å²) in [6.07, 6.45) is -0.830. The average Bonchev–Trinajstić information content (AvgIpc) is 2.86. The van der Waals surface area contributed by atoms with Crippen molar-refractivity contribution in [2.24, 2.45) is 0 Å². The van der Waals surface area contributed by atoms with Gasteiger partial charge in [0.1, 0.15) is 5.69 Å². The molecular weight excluding hydrogens is 442 g/mol.